The summed E-state index contributed by atoms with van der Waals surface area (Å²) >= 11 is 0. The molecule has 0 unspecified atom stereocenters. The van der Waals surface area contributed by atoms with Crippen molar-refractivity contribution in [1.29, 1.82) is 0 Å². The minimum Gasteiger partial charge on any atom is -0.506 e. The highest BCUT2D eigenvalue weighted by Crippen LogP contribution is 2.20. The summed E-state index contributed by atoms with van der Waals surface area (Å²) < 4.78 is 0. The van der Waals surface area contributed by atoms with Gasteiger partial charge in [0.05, 0.1) is 18.8 Å². The van der Waals surface area contributed by atoms with Crippen molar-refractivity contribution < 1.29 is 9.94 Å². The van der Waals surface area contributed by atoms with Gasteiger partial charge in [0.1, 0.15) is 11.6 Å². The van der Waals surface area contributed by atoms with E-state index in [1.807, 2.05) is 6.07 Å². The number of rotatable bonds is 4. The van der Waals surface area contributed by atoms with Crippen LogP contribution in [0.2, 0.25) is 0 Å². The third kappa shape index (κ3) is 3.98. The quantitative estimate of drug-likeness (QED) is 0.907. The van der Waals surface area contributed by atoms with Gasteiger partial charge in [-0.2, -0.15) is 5.06 Å². The number of piperazine rings is 1. The van der Waals surface area contributed by atoms with E-state index in [-0.39, 0.29) is 5.75 Å². The van der Waals surface area contributed by atoms with Crippen LogP contribution < -0.4 is 4.90 Å². The summed E-state index contributed by atoms with van der Waals surface area (Å²) in [5, 5.41) is 11.5. The second-order valence-electron chi connectivity index (χ2n) is 7.16. The zero-order valence-corrected chi connectivity index (χ0v) is 15.2. The van der Waals surface area contributed by atoms with Crippen LogP contribution in [-0.4, -0.2) is 65.4 Å². The van der Waals surface area contributed by atoms with Gasteiger partial charge in [0, 0.05) is 39.3 Å². The molecule has 2 saturated heterocycles. The first kappa shape index (κ1) is 17.3. The molecule has 0 bridgehead atoms. The summed E-state index contributed by atoms with van der Waals surface area (Å²) in [7, 11) is 0. The molecule has 2 aliphatic heterocycles. The molecule has 3 heterocycles. The predicted octanol–water partition coefficient (Wildman–Crippen LogP) is 2.03. The molecule has 0 saturated carbocycles. The van der Waals surface area contributed by atoms with Crippen LogP contribution in [0.1, 0.15) is 11.1 Å². The first-order valence-corrected chi connectivity index (χ1v) is 9.25. The zero-order chi connectivity index (χ0) is 17.9. The van der Waals surface area contributed by atoms with E-state index < -0.39 is 0 Å². The van der Waals surface area contributed by atoms with Crippen molar-refractivity contribution >= 4 is 5.82 Å². The van der Waals surface area contributed by atoms with Crippen LogP contribution in [0, 0.1) is 6.92 Å². The fraction of sp³-hybridized carbons (Fsp3) is 0.450. The molecule has 26 heavy (non-hydrogen) atoms. The number of pyridine rings is 1. The molecule has 6 heteroatoms. The molecule has 2 aliphatic rings. The van der Waals surface area contributed by atoms with Crippen LogP contribution >= 0.6 is 0 Å². The number of hydroxylamine groups is 2. The van der Waals surface area contributed by atoms with Crippen molar-refractivity contribution in [1.82, 2.24) is 14.9 Å². The molecule has 2 fully saturated rings. The number of anilines is 1. The summed E-state index contributed by atoms with van der Waals surface area (Å²) in [5.74, 6) is 1.15. The van der Waals surface area contributed by atoms with Gasteiger partial charge in [0.25, 0.3) is 0 Å². The molecule has 4 rings (SSSR count). The Hall–Kier alpha value is -2.15. The number of aryl methyl sites for hydroxylation is 1. The third-order valence-corrected chi connectivity index (χ3v) is 5.23. The highest BCUT2D eigenvalue weighted by atomic mass is 16.7. The fourth-order valence-electron chi connectivity index (χ4n) is 3.64. The van der Waals surface area contributed by atoms with Gasteiger partial charge < -0.3 is 10.0 Å². The van der Waals surface area contributed by atoms with E-state index in [1.54, 1.807) is 6.07 Å². The molecule has 1 atom stereocenters. The molecule has 1 aromatic carbocycles. The molecule has 0 radical (unpaired) electrons. The number of nitrogens with zero attached hydrogens (tertiary/aromatic N) is 4. The molecule has 0 spiro atoms. The van der Waals surface area contributed by atoms with Crippen molar-refractivity contribution in [3.05, 3.63) is 53.7 Å². The van der Waals surface area contributed by atoms with Crippen LogP contribution in [-0.2, 0) is 11.4 Å². The van der Waals surface area contributed by atoms with Crippen molar-refractivity contribution in [2.24, 2.45) is 0 Å². The molecular formula is C20H26N4O2. The number of aromatic hydroxyl groups is 1. The van der Waals surface area contributed by atoms with Crippen LogP contribution in [0.25, 0.3) is 0 Å². The van der Waals surface area contributed by atoms with Gasteiger partial charge in [-0.1, -0.05) is 29.8 Å². The van der Waals surface area contributed by atoms with Gasteiger partial charge in [-0.3, -0.25) is 9.74 Å². The van der Waals surface area contributed by atoms with E-state index in [4.69, 9.17) is 4.84 Å². The smallest absolute Gasteiger partial charge is 0.134 e. The Labute approximate surface area is 154 Å². The number of aromatic nitrogens is 1. The van der Waals surface area contributed by atoms with Crippen molar-refractivity contribution in [3.63, 3.8) is 0 Å². The SMILES string of the molecule is Cc1ccc(CN2C[C@H](N3CCN(c4ccc(O)cn4)CC3)CO2)cc1. The number of hydrogen-bond donors (Lipinski definition) is 1. The lowest BCUT2D eigenvalue weighted by atomic mass is 10.1. The van der Waals surface area contributed by atoms with Crippen LogP contribution in [0.3, 0.4) is 0 Å². The normalized spacial score (nSPS) is 22.0. The summed E-state index contributed by atoms with van der Waals surface area (Å²) in [6.45, 7) is 8.59. The third-order valence-electron chi connectivity index (χ3n) is 5.23. The summed E-state index contributed by atoms with van der Waals surface area (Å²) in [6, 6.07) is 12.7. The Morgan fingerprint density at radius 1 is 1.08 bits per heavy atom. The first-order valence-electron chi connectivity index (χ1n) is 9.25. The van der Waals surface area contributed by atoms with Gasteiger partial charge >= 0.3 is 0 Å². The Balaban J connectivity index is 1.27. The Morgan fingerprint density at radius 2 is 1.85 bits per heavy atom. The molecule has 1 aromatic heterocycles. The second kappa shape index (κ2) is 7.61. The van der Waals surface area contributed by atoms with Crippen LogP contribution in [0.5, 0.6) is 5.75 Å². The van der Waals surface area contributed by atoms with Crippen molar-refractivity contribution in [2.45, 2.75) is 19.5 Å². The molecule has 6 nitrogen and oxygen atoms in total. The zero-order valence-electron chi connectivity index (χ0n) is 15.2. The van der Waals surface area contributed by atoms with Crippen LogP contribution in [0.15, 0.2) is 42.6 Å². The van der Waals surface area contributed by atoms with E-state index in [9.17, 15) is 5.11 Å². The van der Waals surface area contributed by atoms with E-state index in [0.29, 0.717) is 6.04 Å². The maximum Gasteiger partial charge on any atom is 0.134 e. The molecule has 0 amide bonds. The van der Waals surface area contributed by atoms with Gasteiger partial charge in [0.15, 0.2) is 0 Å². The molecular weight excluding hydrogens is 328 g/mol. The molecule has 1 N–H and O–H groups in total. The lowest BCUT2D eigenvalue weighted by molar-refractivity contribution is -0.117. The standard InChI is InChI=1S/C20H26N4O2/c1-16-2-4-17(5-3-16)13-24-14-18(15-26-24)22-8-10-23(11-9-22)20-7-6-19(25)12-21-20/h2-7,12,18,25H,8-11,13-15H2,1H3/t18-/m0/s1. The molecule has 0 aliphatic carbocycles. The van der Waals surface area contributed by atoms with Gasteiger partial charge in [-0.15, -0.1) is 0 Å². The molecule has 2 aromatic rings. The fourth-order valence-corrected chi connectivity index (χ4v) is 3.64. The average Bonchev–Trinajstić information content (AvgIpc) is 3.13. The second-order valence-corrected chi connectivity index (χ2v) is 7.16. The lowest BCUT2D eigenvalue weighted by Crippen LogP contribution is -2.52. The van der Waals surface area contributed by atoms with E-state index in [1.165, 1.54) is 17.3 Å². The van der Waals surface area contributed by atoms with E-state index in [2.05, 4.69) is 51.0 Å². The maximum absolute atomic E-state index is 9.38. The topological polar surface area (TPSA) is 52.1 Å². The minimum absolute atomic E-state index is 0.212. The minimum atomic E-state index is 0.212. The van der Waals surface area contributed by atoms with Crippen molar-refractivity contribution in [3.8, 4) is 5.75 Å². The lowest BCUT2D eigenvalue weighted by Gasteiger charge is -2.37. The first-order chi connectivity index (χ1) is 12.7. The Morgan fingerprint density at radius 3 is 2.54 bits per heavy atom. The van der Waals surface area contributed by atoms with Crippen LogP contribution in [0.4, 0.5) is 5.82 Å². The maximum atomic E-state index is 9.38. The summed E-state index contributed by atoms with van der Waals surface area (Å²) in [5.41, 5.74) is 2.58. The van der Waals surface area contributed by atoms with Gasteiger partial charge in [-0.05, 0) is 24.6 Å². The van der Waals surface area contributed by atoms with Crippen molar-refractivity contribution in [2.75, 3.05) is 44.2 Å². The van der Waals surface area contributed by atoms with Gasteiger partial charge in [-0.25, -0.2) is 4.98 Å². The number of benzene rings is 1. The summed E-state index contributed by atoms with van der Waals surface area (Å²) in [6.07, 6.45) is 1.51. The highest BCUT2D eigenvalue weighted by molar-refractivity contribution is 5.41. The summed E-state index contributed by atoms with van der Waals surface area (Å²) in [4.78, 5) is 15.0. The monoisotopic (exact) mass is 354 g/mol. The van der Waals surface area contributed by atoms with E-state index in [0.717, 1.165) is 51.7 Å². The number of hydrogen-bond acceptors (Lipinski definition) is 6. The highest BCUT2D eigenvalue weighted by Gasteiger charge is 2.31. The Kier molecular flexibility index (Phi) is 5.06. The van der Waals surface area contributed by atoms with E-state index >= 15 is 0 Å². The molecule has 138 valence electrons. The largest absolute Gasteiger partial charge is 0.506 e. The van der Waals surface area contributed by atoms with Gasteiger partial charge in [0.2, 0.25) is 0 Å². The average molecular weight is 354 g/mol. The predicted molar refractivity (Wildman–Crippen MR) is 101 cm³/mol. The Bertz CT molecular complexity index is 712.